The Morgan fingerprint density at radius 2 is 2.12 bits per heavy atom. The smallest absolute Gasteiger partial charge is 0.303 e. The Morgan fingerprint density at radius 1 is 1.38 bits per heavy atom. The van der Waals surface area contributed by atoms with E-state index in [1.165, 1.54) is 10.9 Å². The van der Waals surface area contributed by atoms with Crippen molar-refractivity contribution in [2.24, 2.45) is 0 Å². The number of benzene rings is 1. The average molecular weight is 217 g/mol. The van der Waals surface area contributed by atoms with Crippen LogP contribution in [0.1, 0.15) is 23.2 Å². The molecule has 0 unspecified atom stereocenters. The first-order valence-electron chi connectivity index (χ1n) is 5.38. The normalized spacial score (nSPS) is 10.9. The molecule has 2 N–H and O–H groups in total. The number of aromatic amines is 1. The lowest BCUT2D eigenvalue weighted by atomic mass is 10.0. The quantitative estimate of drug-likeness (QED) is 0.830. The van der Waals surface area contributed by atoms with Gasteiger partial charge in [-0.05, 0) is 37.5 Å². The number of rotatable bonds is 3. The minimum atomic E-state index is -0.748. The van der Waals surface area contributed by atoms with Crippen molar-refractivity contribution in [2.75, 3.05) is 0 Å². The number of hydrogen-bond donors (Lipinski definition) is 2. The SMILES string of the molecule is Cc1[nH]c2cccc(C)c2c1CCC(=O)O. The fourth-order valence-electron chi connectivity index (χ4n) is 2.18. The molecule has 1 aromatic heterocycles. The molecule has 0 fully saturated rings. The lowest BCUT2D eigenvalue weighted by Gasteiger charge is -2.01. The van der Waals surface area contributed by atoms with Gasteiger partial charge in [0.2, 0.25) is 0 Å². The number of aliphatic carboxylic acids is 1. The van der Waals surface area contributed by atoms with E-state index in [-0.39, 0.29) is 6.42 Å². The van der Waals surface area contributed by atoms with Crippen LogP contribution < -0.4 is 0 Å². The van der Waals surface area contributed by atoms with Crippen LogP contribution >= 0.6 is 0 Å². The van der Waals surface area contributed by atoms with Crippen molar-refractivity contribution < 1.29 is 9.90 Å². The number of aromatic nitrogens is 1. The first-order chi connectivity index (χ1) is 7.59. The number of carboxylic acid groups (broad SMARTS) is 1. The highest BCUT2D eigenvalue weighted by Crippen LogP contribution is 2.26. The highest BCUT2D eigenvalue weighted by atomic mass is 16.4. The standard InChI is InChI=1S/C13H15NO2/c1-8-4-3-5-11-13(8)10(9(2)14-11)6-7-12(15)16/h3-5,14H,6-7H2,1-2H3,(H,15,16). The van der Waals surface area contributed by atoms with Crippen molar-refractivity contribution in [3.63, 3.8) is 0 Å². The maximum Gasteiger partial charge on any atom is 0.303 e. The number of H-pyrrole nitrogens is 1. The van der Waals surface area contributed by atoms with Crippen molar-refractivity contribution in [3.8, 4) is 0 Å². The predicted molar refractivity (Wildman–Crippen MR) is 63.7 cm³/mol. The van der Waals surface area contributed by atoms with Gasteiger partial charge in [0.05, 0.1) is 0 Å². The topological polar surface area (TPSA) is 53.1 Å². The molecule has 1 aromatic carbocycles. The molecule has 3 nitrogen and oxygen atoms in total. The van der Waals surface area contributed by atoms with Gasteiger partial charge in [0.15, 0.2) is 0 Å². The van der Waals surface area contributed by atoms with E-state index in [1.807, 2.05) is 19.1 Å². The summed E-state index contributed by atoms with van der Waals surface area (Å²) in [4.78, 5) is 13.9. The Bertz CT molecular complexity index is 540. The summed E-state index contributed by atoms with van der Waals surface area (Å²) >= 11 is 0. The van der Waals surface area contributed by atoms with Crippen LogP contribution in [-0.2, 0) is 11.2 Å². The summed E-state index contributed by atoms with van der Waals surface area (Å²) in [5, 5.41) is 9.92. The summed E-state index contributed by atoms with van der Waals surface area (Å²) in [6, 6.07) is 6.09. The van der Waals surface area contributed by atoms with Crippen molar-refractivity contribution in [2.45, 2.75) is 26.7 Å². The molecule has 1 heterocycles. The molecule has 0 spiro atoms. The molecule has 2 aromatic rings. The lowest BCUT2D eigenvalue weighted by Crippen LogP contribution is -1.98. The molecule has 84 valence electrons. The summed E-state index contributed by atoms with van der Waals surface area (Å²) in [6.07, 6.45) is 0.772. The molecule has 0 amide bonds. The molecule has 16 heavy (non-hydrogen) atoms. The van der Waals surface area contributed by atoms with Crippen LogP contribution in [0.4, 0.5) is 0 Å². The van der Waals surface area contributed by atoms with Gasteiger partial charge in [0.1, 0.15) is 0 Å². The minimum Gasteiger partial charge on any atom is -0.481 e. The van der Waals surface area contributed by atoms with Gasteiger partial charge in [-0.3, -0.25) is 4.79 Å². The molecule has 2 rings (SSSR count). The van der Waals surface area contributed by atoms with E-state index in [2.05, 4.69) is 18.0 Å². The fourth-order valence-corrected chi connectivity index (χ4v) is 2.18. The Kier molecular flexibility index (Phi) is 2.69. The molecule has 0 aliphatic rings. The summed E-state index contributed by atoms with van der Waals surface area (Å²) in [7, 11) is 0. The van der Waals surface area contributed by atoms with E-state index in [0.29, 0.717) is 6.42 Å². The zero-order valence-corrected chi connectivity index (χ0v) is 9.50. The van der Waals surface area contributed by atoms with Gasteiger partial charge >= 0.3 is 5.97 Å². The number of fused-ring (bicyclic) bond motifs is 1. The first kappa shape index (κ1) is 10.7. The Labute approximate surface area is 94.1 Å². The Balaban J connectivity index is 2.50. The van der Waals surface area contributed by atoms with Crippen molar-refractivity contribution in [1.29, 1.82) is 0 Å². The van der Waals surface area contributed by atoms with Gasteiger partial charge in [-0.25, -0.2) is 0 Å². The number of nitrogens with one attached hydrogen (secondary N) is 1. The van der Waals surface area contributed by atoms with Gasteiger partial charge in [0, 0.05) is 23.0 Å². The molecule has 0 bridgehead atoms. The summed E-state index contributed by atoms with van der Waals surface area (Å²) < 4.78 is 0. The first-order valence-corrected chi connectivity index (χ1v) is 5.38. The third kappa shape index (κ3) is 1.81. The summed E-state index contributed by atoms with van der Waals surface area (Å²) in [5.74, 6) is -0.748. The highest BCUT2D eigenvalue weighted by Gasteiger charge is 2.11. The Hall–Kier alpha value is -1.77. The molecule has 3 heteroatoms. The van der Waals surface area contributed by atoms with E-state index in [9.17, 15) is 4.79 Å². The molecule has 0 saturated heterocycles. The van der Waals surface area contributed by atoms with Crippen LogP contribution in [-0.4, -0.2) is 16.1 Å². The molecule has 0 aliphatic carbocycles. The van der Waals surface area contributed by atoms with Crippen LogP contribution in [0, 0.1) is 13.8 Å². The van der Waals surface area contributed by atoms with Gasteiger partial charge in [-0.15, -0.1) is 0 Å². The Morgan fingerprint density at radius 3 is 2.81 bits per heavy atom. The van der Waals surface area contributed by atoms with E-state index >= 15 is 0 Å². The van der Waals surface area contributed by atoms with Crippen molar-refractivity contribution in [3.05, 3.63) is 35.0 Å². The number of hydrogen-bond acceptors (Lipinski definition) is 1. The van der Waals surface area contributed by atoms with Gasteiger partial charge < -0.3 is 10.1 Å². The lowest BCUT2D eigenvalue weighted by molar-refractivity contribution is -0.136. The van der Waals surface area contributed by atoms with Crippen LogP contribution in [0.2, 0.25) is 0 Å². The minimum absolute atomic E-state index is 0.183. The van der Waals surface area contributed by atoms with E-state index in [0.717, 1.165) is 16.8 Å². The summed E-state index contributed by atoms with van der Waals surface area (Å²) in [6.45, 7) is 4.05. The molecule has 0 atom stereocenters. The maximum atomic E-state index is 10.6. The van der Waals surface area contributed by atoms with Crippen molar-refractivity contribution >= 4 is 16.9 Å². The summed E-state index contributed by atoms with van der Waals surface area (Å²) in [5.41, 5.74) is 4.50. The second-order valence-corrected chi connectivity index (χ2v) is 4.12. The van der Waals surface area contributed by atoms with Crippen LogP contribution in [0.3, 0.4) is 0 Å². The zero-order valence-electron chi connectivity index (χ0n) is 9.50. The molecule has 0 saturated carbocycles. The molecule has 0 radical (unpaired) electrons. The van der Waals surface area contributed by atoms with Gasteiger partial charge in [-0.2, -0.15) is 0 Å². The molecule has 0 aliphatic heterocycles. The zero-order chi connectivity index (χ0) is 11.7. The van der Waals surface area contributed by atoms with Crippen LogP contribution in [0.15, 0.2) is 18.2 Å². The third-order valence-corrected chi connectivity index (χ3v) is 2.94. The van der Waals surface area contributed by atoms with Crippen LogP contribution in [0.25, 0.3) is 10.9 Å². The highest BCUT2D eigenvalue weighted by molar-refractivity contribution is 5.88. The fraction of sp³-hybridized carbons (Fsp3) is 0.308. The number of carbonyl (C=O) groups is 1. The molecular weight excluding hydrogens is 202 g/mol. The maximum absolute atomic E-state index is 10.6. The number of aryl methyl sites for hydroxylation is 3. The van der Waals surface area contributed by atoms with E-state index < -0.39 is 5.97 Å². The average Bonchev–Trinajstić information content (AvgIpc) is 2.52. The second kappa shape index (κ2) is 4.00. The van der Waals surface area contributed by atoms with E-state index in [4.69, 9.17) is 5.11 Å². The monoisotopic (exact) mass is 217 g/mol. The van der Waals surface area contributed by atoms with E-state index in [1.54, 1.807) is 0 Å². The largest absolute Gasteiger partial charge is 0.481 e. The third-order valence-electron chi connectivity index (χ3n) is 2.94. The predicted octanol–water partition coefficient (Wildman–Crippen LogP) is 2.80. The number of carboxylic acids is 1. The van der Waals surface area contributed by atoms with Crippen LogP contribution in [0.5, 0.6) is 0 Å². The second-order valence-electron chi connectivity index (χ2n) is 4.12. The van der Waals surface area contributed by atoms with Gasteiger partial charge in [-0.1, -0.05) is 12.1 Å². The van der Waals surface area contributed by atoms with Gasteiger partial charge in [0.25, 0.3) is 0 Å². The molecular formula is C13H15NO2. The van der Waals surface area contributed by atoms with Crippen molar-refractivity contribution in [1.82, 2.24) is 4.98 Å².